The van der Waals surface area contributed by atoms with Gasteiger partial charge in [0.25, 0.3) is 5.91 Å². The third-order valence-corrected chi connectivity index (χ3v) is 2.83. The first-order chi connectivity index (χ1) is 9.60. The van der Waals surface area contributed by atoms with Gasteiger partial charge >= 0.3 is 0 Å². The molecule has 104 valence electrons. The lowest BCUT2D eigenvalue weighted by molar-refractivity contribution is 0.102. The van der Waals surface area contributed by atoms with Crippen molar-refractivity contribution in [3.8, 4) is 0 Å². The largest absolute Gasteiger partial charge is 0.330 e. The number of hydrogen-bond donors (Lipinski definition) is 2. The minimum absolute atomic E-state index is 0.0648. The molecule has 0 atom stereocenters. The van der Waals surface area contributed by atoms with Crippen LogP contribution in [0, 0.1) is 11.6 Å². The van der Waals surface area contributed by atoms with Crippen molar-refractivity contribution in [1.82, 2.24) is 0 Å². The maximum Gasteiger partial charge on any atom is 0.255 e. The fraction of sp³-hybridized carbons (Fsp3) is 0.133. The Kier molecular flexibility index (Phi) is 4.42. The van der Waals surface area contributed by atoms with Gasteiger partial charge in [-0.2, -0.15) is 0 Å². The van der Waals surface area contributed by atoms with E-state index in [1.807, 2.05) is 12.1 Å². The molecule has 0 bridgehead atoms. The number of nitrogens with one attached hydrogen (secondary N) is 1. The van der Waals surface area contributed by atoms with Gasteiger partial charge in [0, 0.05) is 11.3 Å². The van der Waals surface area contributed by atoms with Crippen LogP contribution in [0.4, 0.5) is 14.5 Å². The molecule has 3 N–H and O–H groups in total. The predicted molar refractivity (Wildman–Crippen MR) is 73.5 cm³/mol. The highest BCUT2D eigenvalue weighted by Gasteiger charge is 2.09. The number of rotatable bonds is 4. The molecule has 0 aromatic heterocycles. The quantitative estimate of drug-likeness (QED) is 0.902. The van der Waals surface area contributed by atoms with Crippen molar-refractivity contribution in [2.24, 2.45) is 5.73 Å². The molecule has 2 aromatic carbocycles. The van der Waals surface area contributed by atoms with Crippen LogP contribution in [0.2, 0.25) is 0 Å². The summed E-state index contributed by atoms with van der Waals surface area (Å²) in [5.74, 6) is -2.51. The summed E-state index contributed by atoms with van der Waals surface area (Å²) >= 11 is 0. The van der Waals surface area contributed by atoms with E-state index in [0.29, 0.717) is 12.2 Å². The summed E-state index contributed by atoms with van der Waals surface area (Å²) in [5.41, 5.74) is 7.16. The van der Waals surface area contributed by atoms with Gasteiger partial charge < -0.3 is 11.1 Å². The van der Waals surface area contributed by atoms with Gasteiger partial charge in [-0.3, -0.25) is 4.79 Å². The fourth-order valence-electron chi connectivity index (χ4n) is 1.76. The van der Waals surface area contributed by atoms with Gasteiger partial charge in [-0.1, -0.05) is 12.1 Å². The maximum atomic E-state index is 13.0. The minimum atomic E-state index is -1.05. The summed E-state index contributed by atoms with van der Waals surface area (Å²) in [6.45, 7) is 0.556. The average Bonchev–Trinajstić information content (AvgIpc) is 2.44. The van der Waals surface area contributed by atoms with Crippen LogP contribution < -0.4 is 11.1 Å². The third-order valence-electron chi connectivity index (χ3n) is 2.83. The number of benzene rings is 2. The Balaban J connectivity index is 2.08. The maximum absolute atomic E-state index is 13.0. The zero-order valence-corrected chi connectivity index (χ0v) is 10.7. The Bertz CT molecular complexity index is 612. The van der Waals surface area contributed by atoms with Crippen LogP contribution in [0.25, 0.3) is 0 Å². The number of amides is 1. The molecule has 0 saturated heterocycles. The van der Waals surface area contributed by atoms with Crippen LogP contribution in [-0.4, -0.2) is 12.5 Å². The molecule has 1 amide bonds. The molecular weight excluding hydrogens is 262 g/mol. The number of nitrogens with two attached hydrogens (primary N) is 1. The van der Waals surface area contributed by atoms with Gasteiger partial charge in [0.15, 0.2) is 11.6 Å². The first-order valence-corrected chi connectivity index (χ1v) is 6.15. The molecule has 0 saturated carbocycles. The number of halogens is 2. The molecule has 0 aliphatic rings. The Labute approximate surface area is 115 Å². The van der Waals surface area contributed by atoms with E-state index in [1.165, 1.54) is 6.07 Å². The van der Waals surface area contributed by atoms with E-state index in [4.69, 9.17) is 5.73 Å². The fourth-order valence-corrected chi connectivity index (χ4v) is 1.76. The lowest BCUT2D eigenvalue weighted by atomic mass is 10.1. The van der Waals surface area contributed by atoms with E-state index in [-0.39, 0.29) is 5.56 Å². The summed E-state index contributed by atoms with van der Waals surface area (Å²) in [4.78, 5) is 11.9. The summed E-state index contributed by atoms with van der Waals surface area (Å²) in [6.07, 6.45) is 0.761. The van der Waals surface area contributed by atoms with Gasteiger partial charge in [-0.25, -0.2) is 8.78 Å². The average molecular weight is 276 g/mol. The second kappa shape index (κ2) is 6.25. The van der Waals surface area contributed by atoms with E-state index in [2.05, 4.69) is 5.32 Å². The molecule has 0 unspecified atom stereocenters. The first kappa shape index (κ1) is 14.1. The molecule has 20 heavy (non-hydrogen) atoms. The summed E-state index contributed by atoms with van der Waals surface area (Å²) in [7, 11) is 0. The molecule has 5 heteroatoms. The highest BCUT2D eigenvalue weighted by Crippen LogP contribution is 2.13. The molecule has 0 aliphatic heterocycles. The standard InChI is InChI=1S/C15H14F2N2O/c16-13-6-3-11(9-14(13)17)15(20)19-12-4-1-10(2-5-12)7-8-18/h1-6,9H,7-8,18H2,(H,19,20). The highest BCUT2D eigenvalue weighted by molar-refractivity contribution is 6.04. The molecular formula is C15H14F2N2O. The number of hydrogen-bond acceptors (Lipinski definition) is 2. The molecule has 2 rings (SSSR count). The van der Waals surface area contributed by atoms with Gasteiger partial charge in [-0.05, 0) is 48.9 Å². The predicted octanol–water partition coefficient (Wildman–Crippen LogP) is 2.72. The van der Waals surface area contributed by atoms with Crippen molar-refractivity contribution in [2.45, 2.75) is 6.42 Å². The van der Waals surface area contributed by atoms with Crippen LogP contribution >= 0.6 is 0 Å². The van der Waals surface area contributed by atoms with Crippen molar-refractivity contribution in [1.29, 1.82) is 0 Å². The lowest BCUT2D eigenvalue weighted by Crippen LogP contribution is -2.12. The number of carbonyl (C=O) groups excluding carboxylic acids is 1. The molecule has 0 heterocycles. The first-order valence-electron chi connectivity index (χ1n) is 6.15. The second-order valence-electron chi connectivity index (χ2n) is 4.32. The van der Waals surface area contributed by atoms with Gasteiger partial charge in [0.2, 0.25) is 0 Å². The summed E-state index contributed by atoms with van der Waals surface area (Å²) in [5, 5.41) is 2.61. The molecule has 0 radical (unpaired) electrons. The number of anilines is 1. The van der Waals surface area contributed by atoms with Crippen LogP contribution in [0.15, 0.2) is 42.5 Å². The van der Waals surface area contributed by atoms with E-state index in [9.17, 15) is 13.6 Å². The molecule has 0 aliphatic carbocycles. The monoisotopic (exact) mass is 276 g/mol. The zero-order valence-electron chi connectivity index (χ0n) is 10.7. The van der Waals surface area contributed by atoms with Crippen LogP contribution in [0.3, 0.4) is 0 Å². The molecule has 2 aromatic rings. The van der Waals surface area contributed by atoms with Crippen molar-refractivity contribution in [3.63, 3.8) is 0 Å². The smallest absolute Gasteiger partial charge is 0.255 e. The Morgan fingerprint density at radius 1 is 1.05 bits per heavy atom. The van der Waals surface area contributed by atoms with Crippen molar-refractivity contribution < 1.29 is 13.6 Å². The van der Waals surface area contributed by atoms with Crippen molar-refractivity contribution in [3.05, 3.63) is 65.2 Å². The van der Waals surface area contributed by atoms with E-state index in [1.54, 1.807) is 12.1 Å². The molecule has 0 spiro atoms. The van der Waals surface area contributed by atoms with Crippen LogP contribution in [0.1, 0.15) is 15.9 Å². The zero-order chi connectivity index (χ0) is 14.5. The van der Waals surface area contributed by atoms with Gasteiger partial charge in [0.1, 0.15) is 0 Å². The summed E-state index contributed by atoms with van der Waals surface area (Å²) in [6, 6.07) is 10.2. The van der Waals surface area contributed by atoms with Crippen molar-refractivity contribution in [2.75, 3.05) is 11.9 Å². The topological polar surface area (TPSA) is 55.1 Å². The summed E-state index contributed by atoms with van der Waals surface area (Å²) < 4.78 is 25.8. The minimum Gasteiger partial charge on any atom is -0.330 e. The Morgan fingerprint density at radius 3 is 2.35 bits per heavy atom. The van der Waals surface area contributed by atoms with E-state index in [0.717, 1.165) is 24.1 Å². The van der Waals surface area contributed by atoms with Gasteiger partial charge in [0.05, 0.1) is 0 Å². The second-order valence-corrected chi connectivity index (χ2v) is 4.32. The normalized spacial score (nSPS) is 10.3. The molecule has 3 nitrogen and oxygen atoms in total. The number of carbonyl (C=O) groups is 1. The lowest BCUT2D eigenvalue weighted by Gasteiger charge is -2.06. The Hall–Kier alpha value is -2.27. The van der Waals surface area contributed by atoms with Crippen LogP contribution in [-0.2, 0) is 6.42 Å². The SMILES string of the molecule is NCCc1ccc(NC(=O)c2ccc(F)c(F)c2)cc1. The van der Waals surface area contributed by atoms with Gasteiger partial charge in [-0.15, -0.1) is 0 Å². The highest BCUT2D eigenvalue weighted by atomic mass is 19.2. The van der Waals surface area contributed by atoms with Crippen LogP contribution in [0.5, 0.6) is 0 Å². The molecule has 0 fully saturated rings. The Morgan fingerprint density at radius 2 is 1.75 bits per heavy atom. The van der Waals surface area contributed by atoms with Crippen molar-refractivity contribution >= 4 is 11.6 Å². The van der Waals surface area contributed by atoms with E-state index >= 15 is 0 Å². The van der Waals surface area contributed by atoms with E-state index < -0.39 is 17.5 Å². The third kappa shape index (κ3) is 3.39.